The largest absolute Gasteiger partial charge is 0.384 e. The van der Waals surface area contributed by atoms with E-state index in [9.17, 15) is 9.59 Å². The van der Waals surface area contributed by atoms with Gasteiger partial charge in [0, 0.05) is 57.5 Å². The number of hydrogen-bond acceptors (Lipinski definition) is 4. The third-order valence-corrected chi connectivity index (χ3v) is 7.63. The SMILES string of the molecule is COCCC(=O)N(Cc1ccccc1)[C@@H]1CCN(C2CCN(C(=O)c3c(C)cccc3C)CC2)C1. The van der Waals surface area contributed by atoms with Crippen molar-refractivity contribution in [2.24, 2.45) is 0 Å². The summed E-state index contributed by atoms with van der Waals surface area (Å²) >= 11 is 0. The second-order valence-corrected chi connectivity index (χ2v) is 9.98. The van der Waals surface area contributed by atoms with Gasteiger partial charge in [-0.25, -0.2) is 0 Å². The van der Waals surface area contributed by atoms with E-state index in [0.717, 1.165) is 67.7 Å². The van der Waals surface area contributed by atoms with Crippen LogP contribution in [0.4, 0.5) is 0 Å². The molecule has 0 N–H and O–H groups in total. The molecule has 2 aromatic carbocycles. The number of piperidine rings is 1. The summed E-state index contributed by atoms with van der Waals surface area (Å²) in [5.41, 5.74) is 4.13. The second kappa shape index (κ2) is 11.8. The van der Waals surface area contributed by atoms with Crippen LogP contribution in [0.3, 0.4) is 0 Å². The Morgan fingerprint density at radius 1 is 0.943 bits per heavy atom. The monoisotopic (exact) mass is 477 g/mol. The summed E-state index contributed by atoms with van der Waals surface area (Å²) in [4.78, 5) is 32.9. The highest BCUT2D eigenvalue weighted by Gasteiger charge is 2.36. The van der Waals surface area contributed by atoms with Crippen molar-refractivity contribution in [2.45, 2.75) is 58.2 Å². The van der Waals surface area contributed by atoms with Crippen LogP contribution in [0, 0.1) is 13.8 Å². The first kappa shape index (κ1) is 25.4. The van der Waals surface area contributed by atoms with Crippen LogP contribution in [0.25, 0.3) is 0 Å². The Morgan fingerprint density at radius 2 is 1.63 bits per heavy atom. The van der Waals surface area contributed by atoms with Gasteiger partial charge in [0.15, 0.2) is 0 Å². The minimum Gasteiger partial charge on any atom is -0.384 e. The van der Waals surface area contributed by atoms with Crippen LogP contribution < -0.4 is 0 Å². The Hall–Kier alpha value is -2.70. The molecule has 2 aromatic rings. The van der Waals surface area contributed by atoms with Gasteiger partial charge in [0.05, 0.1) is 13.0 Å². The molecule has 0 spiro atoms. The Morgan fingerprint density at radius 3 is 2.29 bits per heavy atom. The number of ether oxygens (including phenoxy) is 1. The lowest BCUT2D eigenvalue weighted by Crippen LogP contribution is -2.48. The molecule has 188 valence electrons. The topological polar surface area (TPSA) is 53.1 Å². The van der Waals surface area contributed by atoms with E-state index in [2.05, 4.69) is 21.9 Å². The van der Waals surface area contributed by atoms with E-state index in [0.29, 0.717) is 25.6 Å². The van der Waals surface area contributed by atoms with Crippen molar-refractivity contribution >= 4 is 11.8 Å². The molecule has 0 aromatic heterocycles. The number of carbonyl (C=O) groups is 2. The van der Waals surface area contributed by atoms with Crippen LogP contribution in [0.2, 0.25) is 0 Å². The fraction of sp³-hybridized carbons (Fsp3) is 0.517. The molecule has 6 nitrogen and oxygen atoms in total. The average molecular weight is 478 g/mol. The molecular formula is C29H39N3O3. The Bertz CT molecular complexity index is 981. The molecule has 2 amide bonds. The maximum atomic E-state index is 13.2. The number of likely N-dealkylation sites (tertiary alicyclic amines) is 2. The molecule has 0 unspecified atom stereocenters. The first-order valence-electron chi connectivity index (χ1n) is 12.9. The molecule has 35 heavy (non-hydrogen) atoms. The highest BCUT2D eigenvalue weighted by molar-refractivity contribution is 5.97. The molecule has 0 radical (unpaired) electrons. The zero-order chi connectivity index (χ0) is 24.8. The number of nitrogens with zero attached hydrogens (tertiary/aromatic N) is 3. The van der Waals surface area contributed by atoms with Crippen LogP contribution in [0.1, 0.15) is 52.7 Å². The number of methoxy groups -OCH3 is 1. The van der Waals surface area contributed by atoms with E-state index in [4.69, 9.17) is 4.74 Å². The molecule has 4 rings (SSSR count). The standard InChI is InChI=1S/C29H39N3O3/c1-22-8-7-9-23(2)28(22)29(34)30-16-12-25(13-17-30)31-18-14-26(21-31)32(27(33)15-19-35-3)20-24-10-5-4-6-11-24/h4-11,25-26H,12-21H2,1-3H3/t26-/m1/s1. The zero-order valence-corrected chi connectivity index (χ0v) is 21.4. The fourth-order valence-electron chi connectivity index (χ4n) is 5.63. The van der Waals surface area contributed by atoms with E-state index >= 15 is 0 Å². The number of benzene rings is 2. The predicted octanol–water partition coefficient (Wildman–Crippen LogP) is 4.05. The van der Waals surface area contributed by atoms with Crippen molar-refractivity contribution in [2.75, 3.05) is 39.9 Å². The maximum absolute atomic E-state index is 13.2. The van der Waals surface area contributed by atoms with Gasteiger partial charge in [0.2, 0.25) is 5.91 Å². The van der Waals surface area contributed by atoms with Crippen molar-refractivity contribution in [3.63, 3.8) is 0 Å². The minimum absolute atomic E-state index is 0.163. The van der Waals surface area contributed by atoms with Gasteiger partial charge in [-0.3, -0.25) is 14.5 Å². The van der Waals surface area contributed by atoms with Crippen molar-refractivity contribution in [1.82, 2.24) is 14.7 Å². The third-order valence-electron chi connectivity index (χ3n) is 7.63. The average Bonchev–Trinajstić information content (AvgIpc) is 3.36. The van der Waals surface area contributed by atoms with Gasteiger partial charge in [-0.05, 0) is 49.8 Å². The summed E-state index contributed by atoms with van der Waals surface area (Å²) in [5, 5.41) is 0. The molecule has 6 heteroatoms. The van der Waals surface area contributed by atoms with Gasteiger partial charge in [0.25, 0.3) is 5.91 Å². The Labute approximate surface area is 209 Å². The maximum Gasteiger partial charge on any atom is 0.254 e. The van der Waals surface area contributed by atoms with E-state index in [-0.39, 0.29) is 17.9 Å². The normalized spacial score (nSPS) is 19.2. The Kier molecular flexibility index (Phi) is 8.58. The molecule has 0 saturated carbocycles. The molecule has 2 aliphatic heterocycles. The lowest BCUT2D eigenvalue weighted by Gasteiger charge is -2.37. The molecule has 2 fully saturated rings. The van der Waals surface area contributed by atoms with Crippen LogP contribution in [-0.4, -0.2) is 78.5 Å². The van der Waals surface area contributed by atoms with Crippen LogP contribution in [-0.2, 0) is 16.1 Å². The lowest BCUT2D eigenvalue weighted by molar-refractivity contribution is -0.135. The van der Waals surface area contributed by atoms with Gasteiger partial charge in [-0.2, -0.15) is 0 Å². The first-order valence-corrected chi connectivity index (χ1v) is 12.9. The summed E-state index contributed by atoms with van der Waals surface area (Å²) in [6.45, 7) is 8.62. The van der Waals surface area contributed by atoms with E-state index in [1.54, 1.807) is 7.11 Å². The van der Waals surface area contributed by atoms with Crippen molar-refractivity contribution < 1.29 is 14.3 Å². The number of carbonyl (C=O) groups excluding carboxylic acids is 2. The smallest absolute Gasteiger partial charge is 0.254 e. The zero-order valence-electron chi connectivity index (χ0n) is 21.4. The van der Waals surface area contributed by atoms with Gasteiger partial charge >= 0.3 is 0 Å². The summed E-state index contributed by atoms with van der Waals surface area (Å²) in [6.07, 6.45) is 3.38. The highest BCUT2D eigenvalue weighted by atomic mass is 16.5. The van der Waals surface area contributed by atoms with Crippen LogP contribution >= 0.6 is 0 Å². The number of amides is 2. The van der Waals surface area contributed by atoms with E-state index in [1.165, 1.54) is 0 Å². The molecule has 2 heterocycles. The summed E-state index contributed by atoms with van der Waals surface area (Å²) in [7, 11) is 1.64. The summed E-state index contributed by atoms with van der Waals surface area (Å²) in [5.74, 6) is 0.327. The lowest BCUT2D eigenvalue weighted by atomic mass is 9.98. The van der Waals surface area contributed by atoms with E-state index < -0.39 is 0 Å². The molecule has 0 bridgehead atoms. The number of aryl methyl sites for hydroxylation is 2. The van der Waals surface area contributed by atoms with Crippen molar-refractivity contribution in [1.29, 1.82) is 0 Å². The summed E-state index contributed by atoms with van der Waals surface area (Å²) in [6, 6.07) is 17.0. The van der Waals surface area contributed by atoms with E-state index in [1.807, 2.05) is 55.1 Å². The summed E-state index contributed by atoms with van der Waals surface area (Å²) < 4.78 is 5.18. The van der Waals surface area contributed by atoms with Gasteiger partial charge in [-0.1, -0.05) is 48.5 Å². The number of rotatable bonds is 8. The van der Waals surface area contributed by atoms with Crippen molar-refractivity contribution in [3.8, 4) is 0 Å². The second-order valence-electron chi connectivity index (χ2n) is 9.98. The minimum atomic E-state index is 0.163. The van der Waals surface area contributed by atoms with Gasteiger partial charge in [0.1, 0.15) is 0 Å². The number of hydrogen-bond donors (Lipinski definition) is 0. The molecule has 2 saturated heterocycles. The molecule has 2 aliphatic rings. The van der Waals surface area contributed by atoms with Crippen molar-refractivity contribution in [3.05, 3.63) is 70.8 Å². The van der Waals surface area contributed by atoms with Gasteiger partial charge < -0.3 is 14.5 Å². The molecular weight excluding hydrogens is 438 g/mol. The molecule has 1 atom stereocenters. The van der Waals surface area contributed by atoms with Gasteiger partial charge in [-0.15, -0.1) is 0 Å². The molecule has 0 aliphatic carbocycles. The predicted molar refractivity (Wildman–Crippen MR) is 138 cm³/mol. The highest BCUT2D eigenvalue weighted by Crippen LogP contribution is 2.27. The fourth-order valence-corrected chi connectivity index (χ4v) is 5.63. The first-order chi connectivity index (χ1) is 17.0. The van der Waals surface area contributed by atoms with Crippen LogP contribution in [0.15, 0.2) is 48.5 Å². The van der Waals surface area contributed by atoms with Crippen LogP contribution in [0.5, 0.6) is 0 Å². The Balaban J connectivity index is 1.36. The third kappa shape index (κ3) is 6.11. The quantitative estimate of drug-likeness (QED) is 0.576.